The van der Waals surface area contributed by atoms with E-state index in [4.69, 9.17) is 41.8 Å². The van der Waals surface area contributed by atoms with Crippen molar-refractivity contribution in [3.8, 4) is 17.2 Å². The number of nitrogens with one attached hydrogen (secondary N) is 1. The summed E-state index contributed by atoms with van der Waals surface area (Å²) in [4.78, 5) is 12.4. The van der Waals surface area contributed by atoms with Crippen molar-refractivity contribution in [3.63, 3.8) is 0 Å². The van der Waals surface area contributed by atoms with E-state index in [-0.39, 0.29) is 18.3 Å². The fourth-order valence-electron chi connectivity index (χ4n) is 2.64. The van der Waals surface area contributed by atoms with Gasteiger partial charge in [0.2, 0.25) is 0 Å². The summed E-state index contributed by atoms with van der Waals surface area (Å²) in [5.41, 5.74) is 0.578. The average Bonchev–Trinajstić information content (AvgIpc) is 3.18. The summed E-state index contributed by atoms with van der Waals surface area (Å²) in [5.74, 6) is 1.93. The van der Waals surface area contributed by atoms with Crippen LogP contribution in [0.5, 0.6) is 17.2 Å². The molecule has 1 N–H and O–H groups in total. The average molecular weight is 420 g/mol. The number of carbonyl (C=O) groups is 1. The van der Waals surface area contributed by atoms with Gasteiger partial charge in [-0.3, -0.25) is 4.79 Å². The highest BCUT2D eigenvalue weighted by molar-refractivity contribution is 6.42. The molecule has 28 heavy (non-hydrogen) atoms. The van der Waals surface area contributed by atoms with Gasteiger partial charge in [0, 0.05) is 11.8 Å². The molecule has 1 amide bonds. The number of ether oxygens (including phenoxy) is 3. The molecule has 0 aliphatic carbocycles. The molecule has 1 aliphatic rings. The standard InChI is InChI=1S/C20H15Cl2NO5/c21-14-2-1-3-16(19(14)22)27-11-13-5-7-17(28-13)20(24)23-12-4-6-15-18(10-12)26-9-8-25-15/h1-7,10H,8-9,11H2,(H,23,24). The van der Waals surface area contributed by atoms with Crippen molar-refractivity contribution in [2.75, 3.05) is 18.5 Å². The number of amides is 1. The quantitative estimate of drug-likeness (QED) is 0.615. The molecule has 0 unspecified atom stereocenters. The van der Waals surface area contributed by atoms with Crippen molar-refractivity contribution >= 4 is 34.8 Å². The summed E-state index contributed by atoms with van der Waals surface area (Å²) in [7, 11) is 0. The topological polar surface area (TPSA) is 69.9 Å². The second-order valence-electron chi connectivity index (χ2n) is 5.92. The van der Waals surface area contributed by atoms with Crippen LogP contribution in [0.2, 0.25) is 10.0 Å². The molecular weight excluding hydrogens is 405 g/mol. The van der Waals surface area contributed by atoms with Gasteiger partial charge in [0.15, 0.2) is 17.3 Å². The predicted octanol–water partition coefficient (Wildman–Crippen LogP) is 5.19. The Balaban J connectivity index is 1.39. The van der Waals surface area contributed by atoms with Crippen LogP contribution in [0.4, 0.5) is 5.69 Å². The Morgan fingerprint density at radius 3 is 2.71 bits per heavy atom. The van der Waals surface area contributed by atoms with Crippen molar-refractivity contribution in [1.29, 1.82) is 0 Å². The maximum atomic E-state index is 12.4. The number of fused-ring (bicyclic) bond motifs is 1. The summed E-state index contributed by atoms with van der Waals surface area (Å²) >= 11 is 12.0. The minimum Gasteiger partial charge on any atom is -0.486 e. The zero-order chi connectivity index (χ0) is 19.5. The Kier molecular flexibility index (Phi) is 5.32. The molecule has 2 aromatic carbocycles. The smallest absolute Gasteiger partial charge is 0.291 e. The lowest BCUT2D eigenvalue weighted by Crippen LogP contribution is -2.16. The van der Waals surface area contributed by atoms with E-state index in [1.54, 1.807) is 48.5 Å². The van der Waals surface area contributed by atoms with Crippen LogP contribution in [0, 0.1) is 0 Å². The number of halogens is 2. The van der Waals surface area contributed by atoms with E-state index in [1.807, 2.05) is 0 Å². The van der Waals surface area contributed by atoms with E-state index in [0.29, 0.717) is 52.0 Å². The monoisotopic (exact) mass is 419 g/mol. The van der Waals surface area contributed by atoms with Crippen LogP contribution in [0.25, 0.3) is 0 Å². The first-order chi connectivity index (χ1) is 13.6. The molecule has 0 radical (unpaired) electrons. The number of carbonyl (C=O) groups excluding carboxylic acids is 1. The Morgan fingerprint density at radius 1 is 1.04 bits per heavy atom. The van der Waals surface area contributed by atoms with E-state index < -0.39 is 0 Å². The third-order valence-corrected chi connectivity index (χ3v) is 4.77. The minimum absolute atomic E-state index is 0.108. The molecule has 0 spiro atoms. The van der Waals surface area contributed by atoms with Gasteiger partial charge in [0.05, 0.1) is 5.02 Å². The highest BCUT2D eigenvalue weighted by atomic mass is 35.5. The normalized spacial score (nSPS) is 12.5. The summed E-state index contributed by atoms with van der Waals surface area (Å²) in [5, 5.41) is 3.49. The summed E-state index contributed by atoms with van der Waals surface area (Å²) in [6.07, 6.45) is 0. The number of hydrogen-bond acceptors (Lipinski definition) is 5. The van der Waals surface area contributed by atoms with E-state index >= 15 is 0 Å². The van der Waals surface area contributed by atoms with Crippen LogP contribution in [0.3, 0.4) is 0 Å². The Bertz CT molecular complexity index is 1020. The maximum Gasteiger partial charge on any atom is 0.291 e. The summed E-state index contributed by atoms with van der Waals surface area (Å²) in [6.45, 7) is 1.09. The Morgan fingerprint density at radius 2 is 1.86 bits per heavy atom. The van der Waals surface area contributed by atoms with Gasteiger partial charge in [-0.2, -0.15) is 0 Å². The molecular formula is C20H15Cl2NO5. The molecule has 0 fully saturated rings. The molecule has 3 aromatic rings. The van der Waals surface area contributed by atoms with E-state index in [0.717, 1.165) is 0 Å². The zero-order valence-electron chi connectivity index (χ0n) is 14.5. The molecule has 6 nitrogen and oxygen atoms in total. The van der Waals surface area contributed by atoms with Gasteiger partial charge in [-0.05, 0) is 36.4 Å². The van der Waals surface area contributed by atoms with Crippen LogP contribution in [-0.4, -0.2) is 19.1 Å². The Labute approximate surface area is 170 Å². The first-order valence-electron chi connectivity index (χ1n) is 8.47. The minimum atomic E-state index is -0.385. The lowest BCUT2D eigenvalue weighted by Gasteiger charge is -2.18. The van der Waals surface area contributed by atoms with Crippen LogP contribution in [0.15, 0.2) is 52.9 Å². The van der Waals surface area contributed by atoms with Crippen LogP contribution in [-0.2, 0) is 6.61 Å². The molecule has 0 saturated carbocycles. The largest absolute Gasteiger partial charge is 0.486 e. The van der Waals surface area contributed by atoms with Gasteiger partial charge in [-0.1, -0.05) is 29.3 Å². The van der Waals surface area contributed by atoms with Crippen LogP contribution in [0.1, 0.15) is 16.3 Å². The highest BCUT2D eigenvalue weighted by Crippen LogP contribution is 2.33. The molecule has 0 saturated heterocycles. The first kappa shape index (κ1) is 18.5. The lowest BCUT2D eigenvalue weighted by atomic mass is 10.2. The number of anilines is 1. The third kappa shape index (κ3) is 4.03. The number of rotatable bonds is 5. The van der Waals surface area contributed by atoms with Crippen LogP contribution >= 0.6 is 23.2 Å². The molecule has 144 valence electrons. The van der Waals surface area contributed by atoms with Gasteiger partial charge in [0.25, 0.3) is 5.91 Å². The second-order valence-corrected chi connectivity index (χ2v) is 6.70. The third-order valence-electron chi connectivity index (χ3n) is 3.97. The van der Waals surface area contributed by atoms with E-state index in [1.165, 1.54) is 0 Å². The second kappa shape index (κ2) is 8.04. The fraction of sp³-hybridized carbons (Fsp3) is 0.150. The van der Waals surface area contributed by atoms with Crippen molar-refractivity contribution in [1.82, 2.24) is 0 Å². The Hall–Kier alpha value is -2.83. The van der Waals surface area contributed by atoms with Crippen molar-refractivity contribution in [3.05, 3.63) is 70.1 Å². The van der Waals surface area contributed by atoms with Gasteiger partial charge in [-0.15, -0.1) is 0 Å². The van der Waals surface area contributed by atoms with Crippen molar-refractivity contribution in [2.45, 2.75) is 6.61 Å². The van der Waals surface area contributed by atoms with Crippen molar-refractivity contribution < 1.29 is 23.4 Å². The van der Waals surface area contributed by atoms with E-state index in [2.05, 4.69) is 5.32 Å². The molecule has 0 atom stereocenters. The molecule has 8 heteroatoms. The highest BCUT2D eigenvalue weighted by Gasteiger charge is 2.16. The summed E-state index contributed by atoms with van der Waals surface area (Å²) < 4.78 is 22.1. The maximum absolute atomic E-state index is 12.4. The lowest BCUT2D eigenvalue weighted by molar-refractivity contribution is 0.0992. The zero-order valence-corrected chi connectivity index (χ0v) is 16.0. The first-order valence-corrected chi connectivity index (χ1v) is 9.22. The number of benzene rings is 2. The van der Waals surface area contributed by atoms with Gasteiger partial charge >= 0.3 is 0 Å². The molecule has 1 aliphatic heterocycles. The SMILES string of the molecule is O=C(Nc1ccc2c(c1)OCCO2)c1ccc(COc2cccc(Cl)c2Cl)o1. The molecule has 1 aromatic heterocycles. The molecule has 0 bridgehead atoms. The molecule has 2 heterocycles. The van der Waals surface area contributed by atoms with Gasteiger partial charge < -0.3 is 23.9 Å². The van der Waals surface area contributed by atoms with Crippen LogP contribution < -0.4 is 19.5 Å². The van der Waals surface area contributed by atoms with Crippen molar-refractivity contribution in [2.24, 2.45) is 0 Å². The number of furan rings is 1. The van der Waals surface area contributed by atoms with E-state index in [9.17, 15) is 4.79 Å². The molecule has 4 rings (SSSR count). The van der Waals surface area contributed by atoms with Gasteiger partial charge in [0.1, 0.15) is 36.4 Å². The fourth-order valence-corrected chi connectivity index (χ4v) is 2.98. The predicted molar refractivity (Wildman–Crippen MR) is 105 cm³/mol. The number of hydrogen-bond donors (Lipinski definition) is 1. The summed E-state index contributed by atoms with van der Waals surface area (Å²) in [6, 6.07) is 13.5. The van der Waals surface area contributed by atoms with Gasteiger partial charge in [-0.25, -0.2) is 0 Å².